The van der Waals surface area contributed by atoms with E-state index in [9.17, 15) is 4.79 Å². The van der Waals surface area contributed by atoms with Crippen molar-refractivity contribution in [1.82, 2.24) is 4.98 Å². The Hall–Kier alpha value is -2.16. The second-order valence-corrected chi connectivity index (χ2v) is 3.71. The van der Waals surface area contributed by atoms with Crippen LogP contribution in [0.1, 0.15) is 15.9 Å². The molecule has 0 unspecified atom stereocenters. The molecule has 3 nitrogen and oxygen atoms in total. The van der Waals surface area contributed by atoms with Gasteiger partial charge in [-0.3, -0.25) is 4.98 Å². The number of esters is 1. The molecule has 0 aliphatic carbocycles. The Morgan fingerprint density at radius 3 is 2.71 bits per heavy atom. The molecule has 0 aliphatic rings. The Bertz CT molecular complexity index is 535. The maximum absolute atomic E-state index is 11.6. The predicted octanol–water partition coefficient (Wildman–Crippen LogP) is 2.84. The number of carbonyl (C=O) groups is 1. The minimum absolute atomic E-state index is 0.312. The summed E-state index contributed by atoms with van der Waals surface area (Å²) in [4.78, 5) is 15.7. The molecule has 2 aromatic rings. The summed E-state index contributed by atoms with van der Waals surface area (Å²) in [5.74, 6) is -0.312. The van der Waals surface area contributed by atoms with Gasteiger partial charge >= 0.3 is 5.97 Å². The molecular weight excluding hydrogens is 214 g/mol. The van der Waals surface area contributed by atoms with Crippen molar-refractivity contribution in [2.45, 2.75) is 6.92 Å². The summed E-state index contributed by atoms with van der Waals surface area (Å²) in [6, 6.07) is 9.43. The zero-order valence-electron chi connectivity index (χ0n) is 9.81. The summed E-state index contributed by atoms with van der Waals surface area (Å²) >= 11 is 0. The van der Waals surface area contributed by atoms with Gasteiger partial charge in [-0.1, -0.05) is 18.2 Å². The van der Waals surface area contributed by atoms with Gasteiger partial charge in [0.1, 0.15) is 0 Å². The summed E-state index contributed by atoms with van der Waals surface area (Å²) in [5, 5.41) is 0. The van der Waals surface area contributed by atoms with Crippen LogP contribution in [-0.4, -0.2) is 18.1 Å². The highest BCUT2D eigenvalue weighted by atomic mass is 16.5. The van der Waals surface area contributed by atoms with Crippen LogP contribution in [0.15, 0.2) is 42.7 Å². The van der Waals surface area contributed by atoms with Crippen LogP contribution in [0.5, 0.6) is 0 Å². The Labute approximate surface area is 100 Å². The number of pyridine rings is 1. The van der Waals surface area contributed by atoms with Gasteiger partial charge in [0.15, 0.2) is 0 Å². The predicted molar refractivity (Wildman–Crippen MR) is 65.7 cm³/mol. The maximum Gasteiger partial charge on any atom is 0.338 e. The van der Waals surface area contributed by atoms with Crippen LogP contribution in [0.25, 0.3) is 11.1 Å². The summed E-state index contributed by atoms with van der Waals surface area (Å²) in [5.41, 5.74) is 3.50. The molecule has 0 fully saturated rings. The maximum atomic E-state index is 11.6. The van der Waals surface area contributed by atoms with Crippen molar-refractivity contribution in [3.05, 3.63) is 53.9 Å². The van der Waals surface area contributed by atoms with Gasteiger partial charge in [0.25, 0.3) is 0 Å². The first-order chi connectivity index (χ1) is 8.24. The van der Waals surface area contributed by atoms with Gasteiger partial charge in [-0.15, -0.1) is 0 Å². The van der Waals surface area contributed by atoms with Crippen molar-refractivity contribution in [3.8, 4) is 11.1 Å². The third-order valence-electron chi connectivity index (χ3n) is 2.71. The Morgan fingerprint density at radius 1 is 1.24 bits per heavy atom. The molecule has 0 saturated carbocycles. The first kappa shape index (κ1) is 11.3. The standard InChI is InChI=1S/C14H13NO2/c1-10-12(11-5-4-8-15-9-11)6-3-7-13(10)14(16)17-2/h3-9H,1-2H3. The highest BCUT2D eigenvalue weighted by molar-refractivity contribution is 5.93. The Kier molecular flexibility index (Phi) is 3.19. The first-order valence-corrected chi connectivity index (χ1v) is 5.32. The fourth-order valence-corrected chi connectivity index (χ4v) is 1.80. The first-order valence-electron chi connectivity index (χ1n) is 5.32. The summed E-state index contributed by atoms with van der Waals surface area (Å²) in [7, 11) is 1.39. The van der Waals surface area contributed by atoms with Gasteiger partial charge in [0.2, 0.25) is 0 Å². The lowest BCUT2D eigenvalue weighted by Crippen LogP contribution is -2.04. The van der Waals surface area contributed by atoms with Crippen LogP contribution >= 0.6 is 0 Å². The van der Waals surface area contributed by atoms with Crippen LogP contribution in [0.2, 0.25) is 0 Å². The van der Waals surface area contributed by atoms with E-state index in [0.29, 0.717) is 5.56 Å². The van der Waals surface area contributed by atoms with Crippen molar-refractivity contribution in [3.63, 3.8) is 0 Å². The molecular formula is C14H13NO2. The van der Waals surface area contributed by atoms with Gasteiger partial charge in [0, 0.05) is 18.0 Å². The number of benzene rings is 1. The number of nitrogens with zero attached hydrogens (tertiary/aromatic N) is 1. The van der Waals surface area contributed by atoms with E-state index in [4.69, 9.17) is 4.74 Å². The van der Waals surface area contributed by atoms with E-state index in [1.165, 1.54) is 7.11 Å². The van der Waals surface area contributed by atoms with Crippen molar-refractivity contribution < 1.29 is 9.53 Å². The zero-order valence-corrected chi connectivity index (χ0v) is 9.81. The van der Waals surface area contributed by atoms with Crippen molar-refractivity contribution >= 4 is 5.97 Å². The van der Waals surface area contributed by atoms with E-state index in [1.807, 2.05) is 31.2 Å². The quantitative estimate of drug-likeness (QED) is 0.740. The van der Waals surface area contributed by atoms with Gasteiger partial charge in [-0.05, 0) is 30.2 Å². The molecule has 2 rings (SSSR count). The fourth-order valence-electron chi connectivity index (χ4n) is 1.80. The van der Waals surface area contributed by atoms with E-state index in [0.717, 1.165) is 16.7 Å². The third kappa shape index (κ3) is 2.18. The third-order valence-corrected chi connectivity index (χ3v) is 2.71. The van der Waals surface area contributed by atoms with E-state index in [1.54, 1.807) is 18.5 Å². The lowest BCUT2D eigenvalue weighted by atomic mass is 9.98. The highest BCUT2D eigenvalue weighted by Crippen LogP contribution is 2.25. The molecule has 0 saturated heterocycles. The van der Waals surface area contributed by atoms with E-state index in [-0.39, 0.29) is 5.97 Å². The van der Waals surface area contributed by atoms with E-state index >= 15 is 0 Å². The van der Waals surface area contributed by atoms with Gasteiger partial charge in [-0.25, -0.2) is 4.79 Å². The number of hydrogen-bond donors (Lipinski definition) is 0. The molecule has 86 valence electrons. The normalized spacial score (nSPS) is 10.0. The fraction of sp³-hybridized carbons (Fsp3) is 0.143. The van der Waals surface area contributed by atoms with Crippen LogP contribution in [0.3, 0.4) is 0 Å². The highest BCUT2D eigenvalue weighted by Gasteiger charge is 2.12. The number of methoxy groups -OCH3 is 1. The average Bonchev–Trinajstić information content (AvgIpc) is 2.39. The second-order valence-electron chi connectivity index (χ2n) is 3.71. The molecule has 0 bridgehead atoms. The molecule has 1 aromatic heterocycles. The molecule has 0 N–H and O–H groups in total. The lowest BCUT2D eigenvalue weighted by Gasteiger charge is -2.09. The molecule has 0 radical (unpaired) electrons. The molecule has 1 aromatic carbocycles. The van der Waals surface area contributed by atoms with Gasteiger partial charge in [-0.2, -0.15) is 0 Å². The monoisotopic (exact) mass is 227 g/mol. The van der Waals surface area contributed by atoms with Gasteiger partial charge < -0.3 is 4.74 Å². The Balaban J connectivity index is 2.54. The largest absolute Gasteiger partial charge is 0.465 e. The van der Waals surface area contributed by atoms with Crippen LogP contribution in [0.4, 0.5) is 0 Å². The minimum Gasteiger partial charge on any atom is -0.465 e. The Morgan fingerprint density at radius 2 is 2.06 bits per heavy atom. The minimum atomic E-state index is -0.312. The van der Waals surface area contributed by atoms with Crippen molar-refractivity contribution in [1.29, 1.82) is 0 Å². The van der Waals surface area contributed by atoms with Crippen LogP contribution in [-0.2, 0) is 4.74 Å². The van der Waals surface area contributed by atoms with E-state index in [2.05, 4.69) is 4.98 Å². The van der Waals surface area contributed by atoms with Crippen molar-refractivity contribution in [2.75, 3.05) is 7.11 Å². The number of rotatable bonds is 2. The molecule has 17 heavy (non-hydrogen) atoms. The molecule has 0 amide bonds. The van der Waals surface area contributed by atoms with E-state index < -0.39 is 0 Å². The smallest absolute Gasteiger partial charge is 0.338 e. The number of aromatic nitrogens is 1. The van der Waals surface area contributed by atoms with Crippen LogP contribution < -0.4 is 0 Å². The van der Waals surface area contributed by atoms with Gasteiger partial charge in [0.05, 0.1) is 12.7 Å². The molecule has 3 heteroatoms. The van der Waals surface area contributed by atoms with Crippen molar-refractivity contribution in [2.24, 2.45) is 0 Å². The molecule has 0 aliphatic heterocycles. The summed E-state index contributed by atoms with van der Waals surface area (Å²) in [6.45, 7) is 1.91. The number of hydrogen-bond acceptors (Lipinski definition) is 3. The second kappa shape index (κ2) is 4.78. The summed E-state index contributed by atoms with van der Waals surface area (Å²) in [6.07, 6.45) is 3.51. The topological polar surface area (TPSA) is 39.2 Å². The average molecular weight is 227 g/mol. The number of carbonyl (C=O) groups excluding carboxylic acids is 1. The lowest BCUT2D eigenvalue weighted by molar-refractivity contribution is 0.0600. The number of ether oxygens (including phenoxy) is 1. The molecule has 0 spiro atoms. The SMILES string of the molecule is COC(=O)c1cccc(-c2cccnc2)c1C. The zero-order chi connectivity index (χ0) is 12.3. The van der Waals surface area contributed by atoms with Crippen LogP contribution in [0, 0.1) is 6.92 Å². The summed E-state index contributed by atoms with van der Waals surface area (Å²) < 4.78 is 4.75. The molecule has 0 atom stereocenters. The molecule has 1 heterocycles.